The number of carbonyl (C=O) groups excluding carboxylic acids is 1. The van der Waals surface area contributed by atoms with Crippen LogP contribution in [0, 0.1) is 5.41 Å². The summed E-state index contributed by atoms with van der Waals surface area (Å²) in [5.74, 6) is 0.0242. The summed E-state index contributed by atoms with van der Waals surface area (Å²) < 4.78 is 10.6. The molecule has 1 heterocycles. The smallest absolute Gasteiger partial charge is 0.319 e. The van der Waals surface area contributed by atoms with Gasteiger partial charge in [-0.15, -0.1) is 0 Å². The Hall–Kier alpha value is -2.24. The zero-order valence-electron chi connectivity index (χ0n) is 12.7. The van der Waals surface area contributed by atoms with E-state index >= 15 is 0 Å². The highest BCUT2D eigenvalue weighted by Crippen LogP contribution is 2.48. The molecule has 22 heavy (non-hydrogen) atoms. The molecular weight excluding hydrogens is 286 g/mol. The molecule has 6 heteroatoms. The number of hydrogen-bond acceptors (Lipinski definition) is 4. The number of fused-ring (bicyclic) bond motifs is 1. The van der Waals surface area contributed by atoms with Gasteiger partial charge in [-0.1, -0.05) is 0 Å². The van der Waals surface area contributed by atoms with E-state index in [0.29, 0.717) is 43.9 Å². The van der Waals surface area contributed by atoms with Crippen molar-refractivity contribution in [2.75, 3.05) is 20.8 Å². The van der Waals surface area contributed by atoms with Crippen molar-refractivity contribution >= 4 is 11.9 Å². The lowest BCUT2D eigenvalue weighted by atomic mass is 9.96. The van der Waals surface area contributed by atoms with E-state index in [-0.39, 0.29) is 5.91 Å². The summed E-state index contributed by atoms with van der Waals surface area (Å²) in [6, 6.07) is 3.80. The summed E-state index contributed by atoms with van der Waals surface area (Å²) in [6.45, 7) is 0.958. The molecular formula is C16H19NO5. The van der Waals surface area contributed by atoms with Gasteiger partial charge in [-0.05, 0) is 42.5 Å². The Morgan fingerprint density at radius 3 is 2.23 bits per heavy atom. The van der Waals surface area contributed by atoms with Crippen LogP contribution in [0.15, 0.2) is 12.1 Å². The minimum absolute atomic E-state index is 0.263. The normalized spacial score (nSPS) is 18.4. The lowest BCUT2D eigenvalue weighted by Gasteiger charge is -2.31. The number of amides is 1. The van der Waals surface area contributed by atoms with Gasteiger partial charge >= 0.3 is 5.97 Å². The fourth-order valence-corrected chi connectivity index (χ4v) is 3.00. The summed E-state index contributed by atoms with van der Waals surface area (Å²) in [4.78, 5) is 25.5. The minimum Gasteiger partial charge on any atom is -0.493 e. The van der Waals surface area contributed by atoms with Crippen LogP contribution in [0.5, 0.6) is 11.5 Å². The van der Waals surface area contributed by atoms with E-state index in [1.807, 2.05) is 12.1 Å². The van der Waals surface area contributed by atoms with Crippen molar-refractivity contribution in [3.63, 3.8) is 0 Å². The number of nitrogens with zero attached hydrogens (tertiary/aromatic N) is 1. The second-order valence-corrected chi connectivity index (χ2v) is 5.84. The van der Waals surface area contributed by atoms with Gasteiger partial charge in [-0.25, -0.2) is 0 Å². The van der Waals surface area contributed by atoms with Gasteiger partial charge in [-0.3, -0.25) is 9.59 Å². The summed E-state index contributed by atoms with van der Waals surface area (Å²) in [5.41, 5.74) is 0.925. The van der Waals surface area contributed by atoms with Gasteiger partial charge in [0.15, 0.2) is 11.5 Å². The fourth-order valence-electron chi connectivity index (χ4n) is 3.00. The van der Waals surface area contributed by atoms with Crippen LogP contribution in [-0.4, -0.2) is 42.6 Å². The number of carboxylic acids is 1. The Labute approximate surface area is 128 Å². The summed E-state index contributed by atoms with van der Waals surface area (Å²) >= 11 is 0. The molecule has 1 amide bonds. The predicted molar refractivity (Wildman–Crippen MR) is 78.0 cm³/mol. The molecule has 0 unspecified atom stereocenters. The van der Waals surface area contributed by atoms with E-state index in [0.717, 1.165) is 11.1 Å². The highest BCUT2D eigenvalue weighted by molar-refractivity contribution is 6.04. The summed E-state index contributed by atoms with van der Waals surface area (Å²) in [6.07, 6.45) is 1.57. The SMILES string of the molecule is COc1cc2c(cc1OC)CN(C(=O)C1(C(=O)O)CC1)CC2. The molecule has 1 saturated carbocycles. The monoisotopic (exact) mass is 305 g/mol. The molecule has 1 aliphatic heterocycles. The number of aliphatic carboxylic acids is 1. The van der Waals surface area contributed by atoms with Crippen molar-refractivity contribution in [2.24, 2.45) is 5.41 Å². The quantitative estimate of drug-likeness (QED) is 0.852. The number of carbonyl (C=O) groups is 2. The standard InChI is InChI=1S/C16H19NO5/c1-21-12-7-10-3-6-17(9-11(10)8-13(12)22-2)14(18)16(4-5-16)15(19)20/h7-8H,3-6,9H2,1-2H3,(H,19,20). The van der Waals surface area contributed by atoms with Crippen LogP contribution < -0.4 is 9.47 Å². The Bertz CT molecular complexity index is 636. The molecule has 6 nitrogen and oxygen atoms in total. The van der Waals surface area contributed by atoms with E-state index in [1.165, 1.54) is 0 Å². The maximum Gasteiger partial charge on any atom is 0.319 e. The highest BCUT2D eigenvalue weighted by Gasteiger charge is 2.58. The van der Waals surface area contributed by atoms with Gasteiger partial charge in [0.1, 0.15) is 5.41 Å². The minimum atomic E-state index is -1.17. The molecule has 1 aromatic carbocycles. The molecule has 3 rings (SSSR count). The van der Waals surface area contributed by atoms with E-state index in [2.05, 4.69) is 0 Å². The van der Waals surface area contributed by atoms with E-state index in [1.54, 1.807) is 19.1 Å². The Balaban J connectivity index is 1.85. The van der Waals surface area contributed by atoms with E-state index < -0.39 is 11.4 Å². The number of ether oxygens (including phenoxy) is 2. The molecule has 1 N–H and O–H groups in total. The molecule has 0 saturated heterocycles. The van der Waals surface area contributed by atoms with Crippen molar-refractivity contribution in [3.8, 4) is 11.5 Å². The van der Waals surface area contributed by atoms with Crippen LogP contribution in [0.3, 0.4) is 0 Å². The Morgan fingerprint density at radius 2 is 1.73 bits per heavy atom. The molecule has 0 spiro atoms. The fraction of sp³-hybridized carbons (Fsp3) is 0.500. The molecule has 1 aliphatic carbocycles. The highest BCUT2D eigenvalue weighted by atomic mass is 16.5. The van der Waals surface area contributed by atoms with Crippen molar-refractivity contribution in [3.05, 3.63) is 23.3 Å². The average molecular weight is 305 g/mol. The lowest BCUT2D eigenvalue weighted by Crippen LogP contribution is -2.43. The van der Waals surface area contributed by atoms with Crippen molar-refractivity contribution in [1.82, 2.24) is 4.90 Å². The van der Waals surface area contributed by atoms with Gasteiger partial charge in [0, 0.05) is 13.1 Å². The molecule has 0 aromatic heterocycles. The second kappa shape index (κ2) is 5.19. The van der Waals surface area contributed by atoms with Crippen LogP contribution in [0.2, 0.25) is 0 Å². The number of hydrogen-bond donors (Lipinski definition) is 1. The average Bonchev–Trinajstić information content (AvgIpc) is 3.34. The molecule has 0 bridgehead atoms. The lowest BCUT2D eigenvalue weighted by molar-refractivity contribution is -0.153. The molecule has 0 radical (unpaired) electrons. The van der Waals surface area contributed by atoms with Crippen LogP contribution in [-0.2, 0) is 22.6 Å². The summed E-state index contributed by atoms with van der Waals surface area (Å²) in [7, 11) is 3.16. The maximum atomic E-state index is 12.5. The van der Waals surface area contributed by atoms with Crippen molar-refractivity contribution in [2.45, 2.75) is 25.8 Å². The van der Waals surface area contributed by atoms with Gasteiger partial charge in [-0.2, -0.15) is 0 Å². The van der Waals surface area contributed by atoms with Gasteiger partial charge in [0.25, 0.3) is 0 Å². The number of methoxy groups -OCH3 is 2. The third-order valence-corrected chi connectivity index (χ3v) is 4.57. The summed E-state index contributed by atoms with van der Waals surface area (Å²) in [5, 5.41) is 9.27. The van der Waals surface area contributed by atoms with Gasteiger partial charge < -0.3 is 19.5 Å². The predicted octanol–water partition coefficient (Wildman–Crippen LogP) is 1.45. The number of carboxylic acid groups (broad SMARTS) is 1. The van der Waals surface area contributed by atoms with E-state index in [4.69, 9.17) is 9.47 Å². The zero-order valence-corrected chi connectivity index (χ0v) is 12.7. The molecule has 1 aromatic rings. The van der Waals surface area contributed by atoms with E-state index in [9.17, 15) is 14.7 Å². The van der Waals surface area contributed by atoms with Gasteiger partial charge in [0.05, 0.1) is 14.2 Å². The van der Waals surface area contributed by atoms with Crippen molar-refractivity contribution in [1.29, 1.82) is 0 Å². The first-order valence-corrected chi connectivity index (χ1v) is 7.28. The topological polar surface area (TPSA) is 76.1 Å². The van der Waals surface area contributed by atoms with Crippen LogP contribution in [0.25, 0.3) is 0 Å². The molecule has 1 fully saturated rings. The third kappa shape index (κ3) is 2.19. The number of rotatable bonds is 4. The maximum absolute atomic E-state index is 12.5. The Kier molecular flexibility index (Phi) is 3.47. The first-order chi connectivity index (χ1) is 10.5. The first kappa shape index (κ1) is 14.7. The number of benzene rings is 1. The second-order valence-electron chi connectivity index (χ2n) is 5.84. The first-order valence-electron chi connectivity index (χ1n) is 7.28. The molecule has 118 valence electrons. The third-order valence-electron chi connectivity index (χ3n) is 4.57. The molecule has 0 atom stereocenters. The Morgan fingerprint density at radius 1 is 1.14 bits per heavy atom. The zero-order chi connectivity index (χ0) is 15.9. The van der Waals surface area contributed by atoms with Crippen LogP contribution >= 0.6 is 0 Å². The molecule has 2 aliphatic rings. The van der Waals surface area contributed by atoms with Gasteiger partial charge in [0.2, 0.25) is 5.91 Å². The van der Waals surface area contributed by atoms with Crippen LogP contribution in [0.4, 0.5) is 0 Å². The van der Waals surface area contributed by atoms with Crippen molar-refractivity contribution < 1.29 is 24.2 Å². The van der Waals surface area contributed by atoms with Crippen LogP contribution in [0.1, 0.15) is 24.0 Å². The largest absolute Gasteiger partial charge is 0.493 e.